The summed E-state index contributed by atoms with van der Waals surface area (Å²) < 4.78 is 10.8. The molecule has 40 heavy (non-hydrogen) atoms. The fourth-order valence-corrected chi connectivity index (χ4v) is 6.94. The van der Waals surface area contributed by atoms with Gasteiger partial charge in [0.05, 0.1) is 13.2 Å². The largest absolute Gasteiger partial charge is 0.466 e. The molecule has 0 spiro atoms. The second kappa shape index (κ2) is 24.5. The summed E-state index contributed by atoms with van der Waals surface area (Å²) in [6.45, 7) is 3.68. The molecule has 2 saturated carbocycles. The van der Waals surface area contributed by atoms with E-state index < -0.39 is 0 Å². The summed E-state index contributed by atoms with van der Waals surface area (Å²) >= 11 is 0. The molecule has 2 aliphatic rings. The first-order valence-corrected chi connectivity index (χ1v) is 17.9. The van der Waals surface area contributed by atoms with Gasteiger partial charge >= 0.3 is 11.9 Å². The summed E-state index contributed by atoms with van der Waals surface area (Å²) in [5.41, 5.74) is 0. The quantitative estimate of drug-likeness (QED) is 0.0777. The lowest BCUT2D eigenvalue weighted by Gasteiger charge is -2.11. The van der Waals surface area contributed by atoms with Crippen molar-refractivity contribution in [3.63, 3.8) is 0 Å². The molecule has 0 amide bonds. The number of ether oxygens (including phenoxy) is 2. The van der Waals surface area contributed by atoms with Gasteiger partial charge in [-0.2, -0.15) is 0 Å². The van der Waals surface area contributed by atoms with E-state index in [9.17, 15) is 9.59 Å². The molecule has 2 rings (SSSR count). The Kier molecular flexibility index (Phi) is 21.5. The molecular formula is C36H66O4. The predicted molar refractivity (Wildman–Crippen MR) is 167 cm³/mol. The van der Waals surface area contributed by atoms with Crippen molar-refractivity contribution < 1.29 is 19.1 Å². The molecule has 2 aliphatic carbocycles. The van der Waals surface area contributed by atoms with Crippen LogP contribution in [0.5, 0.6) is 0 Å². The summed E-state index contributed by atoms with van der Waals surface area (Å²) in [6.07, 6.45) is 34.4. The number of hydrogen-bond donors (Lipinski definition) is 0. The van der Waals surface area contributed by atoms with Crippen LogP contribution in [-0.2, 0) is 19.1 Å². The Labute approximate surface area is 248 Å². The van der Waals surface area contributed by atoms with E-state index >= 15 is 0 Å². The summed E-state index contributed by atoms with van der Waals surface area (Å²) in [5.74, 6) is 2.66. The van der Waals surface area contributed by atoms with Crippen molar-refractivity contribution in [1.29, 1.82) is 0 Å². The standard InChI is InChI=1S/C36H66O4/c1-32(20-10-6-2-4-8-12-28-35(37)39-30-18-26-33-22-14-15-23-33)21-11-7-3-5-9-13-29-36(38)40-31-19-27-34-24-16-17-25-34/h32-34H,2-31H2,1H3. The van der Waals surface area contributed by atoms with Gasteiger partial charge in [0.15, 0.2) is 0 Å². The van der Waals surface area contributed by atoms with Crippen LogP contribution >= 0.6 is 0 Å². The SMILES string of the molecule is CC(CCCCCCCCC(=O)OCCCC1CCCC1)CCCCCCCCC(=O)OCCCC1CCCC1. The van der Waals surface area contributed by atoms with Crippen LogP contribution in [0, 0.1) is 17.8 Å². The molecule has 0 aliphatic heterocycles. The van der Waals surface area contributed by atoms with E-state index in [2.05, 4.69) is 6.92 Å². The molecule has 0 bridgehead atoms. The minimum atomic E-state index is 0.0140. The Balaban J connectivity index is 1.23. The molecular weight excluding hydrogens is 496 g/mol. The van der Waals surface area contributed by atoms with E-state index in [4.69, 9.17) is 9.47 Å². The molecule has 0 radical (unpaired) electrons. The van der Waals surface area contributed by atoms with Gasteiger partial charge in [0, 0.05) is 12.8 Å². The van der Waals surface area contributed by atoms with Crippen molar-refractivity contribution in [1.82, 2.24) is 0 Å². The zero-order valence-electron chi connectivity index (χ0n) is 26.6. The normalized spacial score (nSPS) is 16.2. The Bertz CT molecular complexity index is 554. The van der Waals surface area contributed by atoms with Crippen LogP contribution in [0.1, 0.15) is 187 Å². The molecule has 0 heterocycles. The number of hydrogen-bond acceptors (Lipinski definition) is 4. The van der Waals surface area contributed by atoms with E-state index in [1.165, 1.54) is 128 Å². The third kappa shape index (κ3) is 19.9. The van der Waals surface area contributed by atoms with Crippen LogP contribution in [0.3, 0.4) is 0 Å². The molecule has 0 unspecified atom stereocenters. The van der Waals surface area contributed by atoms with Crippen LogP contribution in [0.2, 0.25) is 0 Å². The van der Waals surface area contributed by atoms with E-state index in [-0.39, 0.29) is 11.9 Å². The van der Waals surface area contributed by atoms with Gasteiger partial charge in [-0.3, -0.25) is 9.59 Å². The van der Waals surface area contributed by atoms with Crippen LogP contribution < -0.4 is 0 Å². The van der Waals surface area contributed by atoms with E-state index in [0.717, 1.165) is 56.3 Å². The first kappa shape index (κ1) is 35.1. The van der Waals surface area contributed by atoms with Crippen molar-refractivity contribution in [2.45, 2.75) is 187 Å². The first-order chi connectivity index (χ1) is 19.6. The van der Waals surface area contributed by atoms with Gasteiger partial charge in [0.25, 0.3) is 0 Å². The second-order valence-corrected chi connectivity index (χ2v) is 13.5. The molecule has 4 heteroatoms. The zero-order valence-corrected chi connectivity index (χ0v) is 26.6. The van der Waals surface area contributed by atoms with Crippen LogP contribution in [0.4, 0.5) is 0 Å². The molecule has 2 fully saturated rings. The average Bonchev–Trinajstić information content (AvgIpc) is 3.67. The van der Waals surface area contributed by atoms with E-state index in [1.54, 1.807) is 0 Å². The number of rotatable bonds is 26. The lowest BCUT2D eigenvalue weighted by Crippen LogP contribution is -2.06. The van der Waals surface area contributed by atoms with Crippen LogP contribution in [-0.4, -0.2) is 25.2 Å². The third-order valence-electron chi connectivity index (χ3n) is 9.64. The maximum absolute atomic E-state index is 11.9. The summed E-state index contributed by atoms with van der Waals surface area (Å²) in [5, 5.41) is 0. The molecule has 0 aromatic heterocycles. The topological polar surface area (TPSA) is 52.6 Å². The van der Waals surface area contributed by atoms with Crippen LogP contribution in [0.15, 0.2) is 0 Å². The smallest absolute Gasteiger partial charge is 0.305 e. The molecule has 4 nitrogen and oxygen atoms in total. The fraction of sp³-hybridized carbons (Fsp3) is 0.944. The van der Waals surface area contributed by atoms with Gasteiger partial charge < -0.3 is 9.47 Å². The summed E-state index contributed by atoms with van der Waals surface area (Å²) in [7, 11) is 0. The molecule has 0 atom stereocenters. The minimum absolute atomic E-state index is 0.0140. The summed E-state index contributed by atoms with van der Waals surface area (Å²) in [4.78, 5) is 23.8. The minimum Gasteiger partial charge on any atom is -0.466 e. The Hall–Kier alpha value is -1.06. The van der Waals surface area contributed by atoms with E-state index in [1.807, 2.05) is 0 Å². The van der Waals surface area contributed by atoms with Gasteiger partial charge in [0.2, 0.25) is 0 Å². The van der Waals surface area contributed by atoms with Crippen molar-refractivity contribution in [3.05, 3.63) is 0 Å². The molecule has 0 aromatic carbocycles. The first-order valence-electron chi connectivity index (χ1n) is 17.9. The molecule has 0 N–H and O–H groups in total. The highest BCUT2D eigenvalue weighted by atomic mass is 16.5. The van der Waals surface area contributed by atoms with Gasteiger partial charge in [-0.15, -0.1) is 0 Å². The Morgan fingerprint density at radius 3 is 1.27 bits per heavy atom. The number of esters is 2. The van der Waals surface area contributed by atoms with Gasteiger partial charge in [0.1, 0.15) is 0 Å². The second-order valence-electron chi connectivity index (χ2n) is 13.5. The van der Waals surface area contributed by atoms with Gasteiger partial charge in [-0.1, -0.05) is 135 Å². The van der Waals surface area contributed by atoms with Crippen LogP contribution in [0.25, 0.3) is 0 Å². The van der Waals surface area contributed by atoms with Crippen molar-refractivity contribution in [2.24, 2.45) is 17.8 Å². The lowest BCUT2D eigenvalue weighted by atomic mass is 9.96. The molecule has 0 aromatic rings. The molecule has 0 saturated heterocycles. The van der Waals surface area contributed by atoms with Crippen molar-refractivity contribution in [2.75, 3.05) is 13.2 Å². The zero-order chi connectivity index (χ0) is 28.5. The Morgan fingerprint density at radius 2 is 0.875 bits per heavy atom. The Morgan fingerprint density at radius 1 is 0.525 bits per heavy atom. The number of unbranched alkanes of at least 4 members (excludes halogenated alkanes) is 10. The predicted octanol–water partition coefficient (Wildman–Crippen LogP) is 10.9. The highest BCUT2D eigenvalue weighted by Crippen LogP contribution is 2.29. The van der Waals surface area contributed by atoms with Gasteiger partial charge in [-0.05, 0) is 56.3 Å². The fourth-order valence-electron chi connectivity index (χ4n) is 6.94. The maximum atomic E-state index is 11.9. The summed E-state index contributed by atoms with van der Waals surface area (Å²) in [6, 6.07) is 0. The number of carbonyl (C=O) groups excluding carboxylic acids is 2. The lowest BCUT2D eigenvalue weighted by molar-refractivity contribution is -0.144. The van der Waals surface area contributed by atoms with E-state index in [0.29, 0.717) is 26.1 Å². The van der Waals surface area contributed by atoms with Crippen molar-refractivity contribution >= 4 is 11.9 Å². The average molecular weight is 563 g/mol. The monoisotopic (exact) mass is 562 g/mol. The highest BCUT2D eigenvalue weighted by molar-refractivity contribution is 5.69. The molecule has 234 valence electrons. The van der Waals surface area contributed by atoms with Crippen molar-refractivity contribution in [3.8, 4) is 0 Å². The van der Waals surface area contributed by atoms with Gasteiger partial charge in [-0.25, -0.2) is 0 Å². The highest BCUT2D eigenvalue weighted by Gasteiger charge is 2.15. The number of carbonyl (C=O) groups is 2. The maximum Gasteiger partial charge on any atom is 0.305 e. The third-order valence-corrected chi connectivity index (χ3v) is 9.64.